The average Bonchev–Trinajstić information content (AvgIpc) is 2.67. The van der Waals surface area contributed by atoms with Crippen LogP contribution < -0.4 is 5.32 Å². The van der Waals surface area contributed by atoms with Crippen LogP contribution in [0.2, 0.25) is 0 Å². The van der Waals surface area contributed by atoms with Gasteiger partial charge in [-0.2, -0.15) is 0 Å². The van der Waals surface area contributed by atoms with Gasteiger partial charge in [-0.05, 0) is 121 Å². The fourth-order valence-corrected chi connectivity index (χ4v) is 3.77. The first-order chi connectivity index (χ1) is 15.9. The van der Waals surface area contributed by atoms with Gasteiger partial charge >= 0.3 is 12.2 Å². The van der Waals surface area contributed by atoms with Gasteiger partial charge in [0.15, 0.2) is 0 Å². The molecule has 0 saturated carbocycles. The number of nitrogens with one attached hydrogen (secondary N) is 1. The lowest BCUT2D eigenvalue weighted by Gasteiger charge is -2.40. The first-order valence-electron chi connectivity index (χ1n) is 13.6. The molecule has 0 aromatic rings. The van der Waals surface area contributed by atoms with Crippen molar-refractivity contribution in [3.63, 3.8) is 0 Å². The molecule has 0 unspecified atom stereocenters. The minimum atomic E-state index is -0.533. The molecule has 0 aromatic heterocycles. The Labute approximate surface area is 216 Å². The molecule has 2 amide bonds. The summed E-state index contributed by atoms with van der Waals surface area (Å²) >= 11 is 0. The Hall–Kier alpha value is -1.50. The summed E-state index contributed by atoms with van der Waals surface area (Å²) in [5.41, 5.74) is -1.69. The molecule has 0 bridgehead atoms. The summed E-state index contributed by atoms with van der Waals surface area (Å²) in [6.07, 6.45) is 4.82. The number of carbonyl (C=O) groups is 2. The number of ether oxygens (including phenoxy) is 2. The van der Waals surface area contributed by atoms with Crippen LogP contribution in [0.15, 0.2) is 0 Å². The van der Waals surface area contributed by atoms with Crippen molar-refractivity contribution in [1.29, 1.82) is 0 Å². The van der Waals surface area contributed by atoms with Gasteiger partial charge in [0.1, 0.15) is 11.2 Å². The SMILES string of the molecule is CCNCCCCN(C(=O)OC(C)(C)C)C(C)(C)CCCCN(C(=O)OC(C)(C)C)C(C)(C)CC. The molecule has 208 valence electrons. The van der Waals surface area contributed by atoms with E-state index in [4.69, 9.17) is 9.47 Å². The van der Waals surface area contributed by atoms with E-state index in [9.17, 15) is 9.59 Å². The second-order valence-electron chi connectivity index (χ2n) is 12.8. The quantitative estimate of drug-likeness (QED) is 0.261. The van der Waals surface area contributed by atoms with Gasteiger partial charge in [0.2, 0.25) is 0 Å². The fraction of sp³-hybridized carbons (Fsp3) is 0.929. The number of unbranched alkanes of at least 4 members (excludes halogenated alkanes) is 2. The van der Waals surface area contributed by atoms with Gasteiger partial charge in [-0.25, -0.2) is 9.59 Å². The molecule has 0 aromatic carbocycles. The van der Waals surface area contributed by atoms with Gasteiger partial charge in [-0.3, -0.25) is 0 Å². The van der Waals surface area contributed by atoms with E-state index in [0.717, 1.165) is 51.6 Å². The largest absolute Gasteiger partial charge is 0.444 e. The molecular weight excluding hydrogens is 442 g/mol. The maximum absolute atomic E-state index is 13.1. The second kappa shape index (κ2) is 14.3. The molecule has 0 aliphatic carbocycles. The first kappa shape index (κ1) is 33.5. The number of rotatable bonds is 14. The Bertz CT molecular complexity index is 633. The van der Waals surface area contributed by atoms with Crippen LogP contribution in [-0.4, -0.2) is 70.4 Å². The van der Waals surface area contributed by atoms with E-state index in [0.29, 0.717) is 13.1 Å². The van der Waals surface area contributed by atoms with E-state index < -0.39 is 11.2 Å². The van der Waals surface area contributed by atoms with E-state index in [1.54, 1.807) is 0 Å². The van der Waals surface area contributed by atoms with E-state index in [1.165, 1.54) is 0 Å². The maximum atomic E-state index is 13.1. The highest BCUT2D eigenvalue weighted by Gasteiger charge is 2.35. The Kier molecular flexibility index (Phi) is 13.7. The minimum Gasteiger partial charge on any atom is -0.444 e. The summed E-state index contributed by atoms with van der Waals surface area (Å²) in [4.78, 5) is 29.7. The molecule has 7 heteroatoms. The Balaban J connectivity index is 5.22. The third kappa shape index (κ3) is 14.0. The van der Waals surface area contributed by atoms with Crippen molar-refractivity contribution in [2.75, 3.05) is 26.2 Å². The summed E-state index contributed by atoms with van der Waals surface area (Å²) in [7, 11) is 0. The maximum Gasteiger partial charge on any atom is 0.410 e. The molecule has 0 heterocycles. The summed E-state index contributed by atoms with van der Waals surface area (Å²) in [5.74, 6) is 0. The van der Waals surface area contributed by atoms with Gasteiger partial charge < -0.3 is 24.6 Å². The molecule has 35 heavy (non-hydrogen) atoms. The van der Waals surface area contributed by atoms with Gasteiger partial charge in [0, 0.05) is 24.2 Å². The molecule has 0 atom stereocenters. The molecule has 0 rings (SSSR count). The monoisotopic (exact) mass is 499 g/mol. The van der Waals surface area contributed by atoms with Crippen molar-refractivity contribution in [2.45, 2.75) is 144 Å². The molecule has 0 radical (unpaired) electrons. The average molecular weight is 500 g/mol. The Morgan fingerprint density at radius 3 is 1.49 bits per heavy atom. The van der Waals surface area contributed by atoms with Crippen LogP contribution in [0.3, 0.4) is 0 Å². The third-order valence-corrected chi connectivity index (χ3v) is 6.21. The van der Waals surface area contributed by atoms with Crippen molar-refractivity contribution in [2.24, 2.45) is 0 Å². The highest BCUT2D eigenvalue weighted by Crippen LogP contribution is 2.27. The van der Waals surface area contributed by atoms with Crippen LogP contribution in [0.1, 0.15) is 122 Å². The molecular formula is C28H57N3O4. The fourth-order valence-electron chi connectivity index (χ4n) is 3.77. The molecule has 0 spiro atoms. The third-order valence-electron chi connectivity index (χ3n) is 6.21. The van der Waals surface area contributed by atoms with Crippen molar-refractivity contribution in [1.82, 2.24) is 15.1 Å². The molecule has 0 aliphatic heterocycles. The Morgan fingerprint density at radius 2 is 1.09 bits per heavy atom. The van der Waals surface area contributed by atoms with Crippen LogP contribution in [0.5, 0.6) is 0 Å². The predicted molar refractivity (Wildman–Crippen MR) is 146 cm³/mol. The van der Waals surface area contributed by atoms with E-state index >= 15 is 0 Å². The smallest absolute Gasteiger partial charge is 0.410 e. The standard InChI is InChI=1S/C28H57N3O4/c1-13-27(9,10)30(23(32)34-25(3,4)5)21-17-15-19-28(11,12)31(22-18-16-20-29-14-2)24(33)35-26(6,7)8/h29H,13-22H2,1-12H3. The van der Waals surface area contributed by atoms with E-state index in [1.807, 2.05) is 51.3 Å². The molecule has 0 saturated heterocycles. The zero-order valence-electron chi connectivity index (χ0n) is 25.1. The lowest BCUT2D eigenvalue weighted by molar-refractivity contribution is -0.00103. The van der Waals surface area contributed by atoms with Crippen LogP contribution >= 0.6 is 0 Å². The van der Waals surface area contributed by atoms with Gasteiger partial charge in [0.25, 0.3) is 0 Å². The minimum absolute atomic E-state index is 0.256. The Morgan fingerprint density at radius 1 is 0.657 bits per heavy atom. The van der Waals surface area contributed by atoms with Crippen LogP contribution in [-0.2, 0) is 9.47 Å². The van der Waals surface area contributed by atoms with Crippen molar-refractivity contribution < 1.29 is 19.1 Å². The number of nitrogens with zero attached hydrogens (tertiary/aromatic N) is 2. The summed E-state index contributed by atoms with van der Waals surface area (Å²) in [5, 5.41) is 3.34. The number of hydrogen-bond acceptors (Lipinski definition) is 5. The van der Waals surface area contributed by atoms with Crippen LogP contribution in [0.4, 0.5) is 9.59 Å². The molecule has 0 aliphatic rings. The van der Waals surface area contributed by atoms with Crippen LogP contribution in [0.25, 0.3) is 0 Å². The van der Waals surface area contributed by atoms with Gasteiger partial charge in [-0.1, -0.05) is 13.8 Å². The lowest BCUT2D eigenvalue weighted by Crippen LogP contribution is -2.51. The normalized spacial score (nSPS) is 12.9. The highest BCUT2D eigenvalue weighted by molar-refractivity contribution is 5.69. The summed E-state index contributed by atoms with van der Waals surface area (Å²) < 4.78 is 11.4. The molecule has 7 nitrogen and oxygen atoms in total. The number of amides is 2. The van der Waals surface area contributed by atoms with Crippen LogP contribution in [0, 0.1) is 0 Å². The van der Waals surface area contributed by atoms with Crippen molar-refractivity contribution in [3.8, 4) is 0 Å². The zero-order valence-corrected chi connectivity index (χ0v) is 25.1. The predicted octanol–water partition coefficient (Wildman–Crippen LogP) is 6.99. The van der Waals surface area contributed by atoms with Crippen molar-refractivity contribution in [3.05, 3.63) is 0 Å². The first-order valence-corrected chi connectivity index (χ1v) is 13.6. The summed E-state index contributed by atoms with van der Waals surface area (Å²) in [6.45, 7) is 27.2. The second-order valence-corrected chi connectivity index (χ2v) is 12.8. The number of carbonyl (C=O) groups excluding carboxylic acids is 2. The summed E-state index contributed by atoms with van der Waals surface area (Å²) in [6, 6.07) is 0. The topological polar surface area (TPSA) is 71.1 Å². The number of hydrogen-bond donors (Lipinski definition) is 1. The molecule has 1 N–H and O–H groups in total. The lowest BCUT2D eigenvalue weighted by atomic mass is 9.94. The molecule has 0 fully saturated rings. The van der Waals surface area contributed by atoms with Crippen molar-refractivity contribution >= 4 is 12.2 Å². The zero-order chi connectivity index (χ0) is 27.5. The van der Waals surface area contributed by atoms with E-state index in [-0.39, 0.29) is 23.3 Å². The van der Waals surface area contributed by atoms with E-state index in [2.05, 4.69) is 46.9 Å². The van der Waals surface area contributed by atoms with Gasteiger partial charge in [0.05, 0.1) is 0 Å². The highest BCUT2D eigenvalue weighted by atomic mass is 16.6. The van der Waals surface area contributed by atoms with Gasteiger partial charge in [-0.15, -0.1) is 0 Å².